The van der Waals surface area contributed by atoms with Gasteiger partial charge in [0.15, 0.2) is 5.69 Å². The van der Waals surface area contributed by atoms with Gasteiger partial charge in [0.25, 0.3) is 0 Å². The topological polar surface area (TPSA) is 58.6 Å². The van der Waals surface area contributed by atoms with Crippen molar-refractivity contribution in [2.45, 2.75) is 45.4 Å². The van der Waals surface area contributed by atoms with Crippen LogP contribution in [0, 0.1) is 5.41 Å². The Morgan fingerprint density at radius 2 is 1.77 bits per heavy atom. The van der Waals surface area contributed by atoms with Crippen LogP contribution in [0.1, 0.15) is 39.3 Å². The molecule has 1 aromatic heterocycles. The van der Waals surface area contributed by atoms with Crippen molar-refractivity contribution < 1.29 is 22.7 Å². The first-order valence-corrected chi connectivity index (χ1v) is 8.60. The molecule has 0 N–H and O–H groups in total. The summed E-state index contributed by atoms with van der Waals surface area (Å²) in [6.45, 7) is 7.93. The molecule has 0 radical (unpaired) electrons. The molecule has 9 heteroatoms. The molecule has 3 rings (SSSR count). The predicted octanol–water partition coefficient (Wildman–Crippen LogP) is 3.33. The normalized spacial score (nSPS) is 20.1. The minimum atomic E-state index is -4.50. The second kappa shape index (κ2) is 6.28. The number of alkyl halides is 3. The third-order valence-electron chi connectivity index (χ3n) is 4.76. The van der Waals surface area contributed by atoms with E-state index >= 15 is 0 Å². The van der Waals surface area contributed by atoms with Crippen molar-refractivity contribution in [1.82, 2.24) is 14.9 Å². The van der Waals surface area contributed by atoms with E-state index in [1.54, 1.807) is 4.90 Å². The van der Waals surface area contributed by atoms with E-state index in [1.807, 2.05) is 25.7 Å². The first-order valence-electron chi connectivity index (χ1n) is 8.60. The smallest absolute Gasteiger partial charge is 0.434 e. The molecule has 6 nitrogen and oxygen atoms in total. The molecular formula is C17H23F3N4O2. The Kier molecular flexibility index (Phi) is 4.52. The van der Waals surface area contributed by atoms with E-state index in [2.05, 4.69) is 9.97 Å². The van der Waals surface area contributed by atoms with Gasteiger partial charge in [-0.3, -0.25) is 4.98 Å². The third kappa shape index (κ3) is 4.02. The largest absolute Gasteiger partial charge is 0.444 e. The van der Waals surface area contributed by atoms with E-state index in [4.69, 9.17) is 4.74 Å². The molecule has 0 saturated carbocycles. The van der Waals surface area contributed by atoms with Crippen molar-refractivity contribution in [3.63, 3.8) is 0 Å². The first-order chi connectivity index (χ1) is 12.0. The molecule has 2 saturated heterocycles. The molecule has 1 spiro atoms. The average molecular weight is 372 g/mol. The van der Waals surface area contributed by atoms with Crippen molar-refractivity contribution in [2.75, 3.05) is 31.1 Å². The van der Waals surface area contributed by atoms with Gasteiger partial charge in [-0.15, -0.1) is 0 Å². The number of ether oxygens (including phenoxy) is 1. The number of amides is 1. The number of rotatable bonds is 1. The first kappa shape index (κ1) is 18.7. The van der Waals surface area contributed by atoms with E-state index < -0.39 is 17.5 Å². The lowest BCUT2D eigenvalue weighted by molar-refractivity contribution is -0.141. The molecule has 0 bridgehead atoms. The summed E-state index contributed by atoms with van der Waals surface area (Å²) in [4.78, 5) is 22.9. The third-order valence-corrected chi connectivity index (χ3v) is 4.76. The zero-order valence-corrected chi connectivity index (χ0v) is 15.1. The highest BCUT2D eigenvalue weighted by atomic mass is 19.4. The van der Waals surface area contributed by atoms with Crippen LogP contribution in [0.5, 0.6) is 0 Å². The van der Waals surface area contributed by atoms with Gasteiger partial charge in [-0.1, -0.05) is 0 Å². The lowest BCUT2D eigenvalue weighted by atomic mass is 9.72. The summed E-state index contributed by atoms with van der Waals surface area (Å²) in [5.41, 5.74) is -1.47. The number of aromatic nitrogens is 2. The summed E-state index contributed by atoms with van der Waals surface area (Å²) in [5.74, 6) is 0.248. The predicted molar refractivity (Wildman–Crippen MR) is 88.7 cm³/mol. The van der Waals surface area contributed by atoms with Crippen LogP contribution in [0.15, 0.2) is 12.4 Å². The van der Waals surface area contributed by atoms with E-state index in [0.717, 1.165) is 19.0 Å². The fraction of sp³-hybridized carbons (Fsp3) is 0.706. The summed E-state index contributed by atoms with van der Waals surface area (Å²) < 4.78 is 43.7. The standard InChI is InChI=1S/C17H23F3N4O2/c1-15(2,3)26-14(25)24-10-16(11-24)4-6-23(7-5-16)13-9-21-8-12(22-13)17(18,19)20/h8-9H,4-7,10-11H2,1-3H3. The van der Waals surface area contributed by atoms with Gasteiger partial charge < -0.3 is 14.5 Å². The van der Waals surface area contributed by atoms with Crippen LogP contribution >= 0.6 is 0 Å². The van der Waals surface area contributed by atoms with Crippen molar-refractivity contribution in [3.8, 4) is 0 Å². The molecule has 0 aromatic carbocycles. The molecule has 1 aromatic rings. The summed E-state index contributed by atoms with van der Waals surface area (Å²) >= 11 is 0. The lowest BCUT2D eigenvalue weighted by Crippen LogP contribution is -2.62. The molecular weight excluding hydrogens is 349 g/mol. The van der Waals surface area contributed by atoms with Crippen molar-refractivity contribution >= 4 is 11.9 Å². The van der Waals surface area contributed by atoms with Gasteiger partial charge in [-0.25, -0.2) is 9.78 Å². The summed E-state index contributed by atoms with van der Waals surface area (Å²) in [7, 11) is 0. The highest BCUT2D eigenvalue weighted by Crippen LogP contribution is 2.41. The van der Waals surface area contributed by atoms with Crippen LogP contribution in [0.3, 0.4) is 0 Å². The van der Waals surface area contributed by atoms with Crippen LogP contribution in [0.25, 0.3) is 0 Å². The van der Waals surface area contributed by atoms with Crippen LogP contribution in [-0.4, -0.2) is 52.7 Å². The quantitative estimate of drug-likeness (QED) is 0.757. The number of anilines is 1. The van der Waals surface area contributed by atoms with E-state index in [1.165, 1.54) is 6.20 Å². The van der Waals surface area contributed by atoms with Gasteiger partial charge in [0.2, 0.25) is 0 Å². The second-order valence-electron chi connectivity index (χ2n) is 8.08. The zero-order valence-electron chi connectivity index (χ0n) is 15.1. The molecule has 1 amide bonds. The van der Waals surface area contributed by atoms with Crippen LogP contribution in [-0.2, 0) is 10.9 Å². The number of carbonyl (C=O) groups excluding carboxylic acids is 1. The maximum Gasteiger partial charge on any atom is 0.434 e. The lowest BCUT2D eigenvalue weighted by Gasteiger charge is -2.53. The summed E-state index contributed by atoms with van der Waals surface area (Å²) in [5, 5.41) is 0. The van der Waals surface area contributed by atoms with Gasteiger partial charge in [0.1, 0.15) is 11.4 Å². The average Bonchev–Trinajstić information content (AvgIpc) is 2.50. The van der Waals surface area contributed by atoms with Gasteiger partial charge in [0, 0.05) is 31.6 Å². The zero-order chi connectivity index (χ0) is 19.2. The van der Waals surface area contributed by atoms with Crippen molar-refractivity contribution in [3.05, 3.63) is 18.1 Å². The van der Waals surface area contributed by atoms with Gasteiger partial charge in [-0.05, 0) is 33.6 Å². The minimum Gasteiger partial charge on any atom is -0.444 e. The molecule has 144 valence electrons. The van der Waals surface area contributed by atoms with E-state index in [9.17, 15) is 18.0 Å². The Morgan fingerprint density at radius 1 is 1.15 bits per heavy atom. The molecule has 3 heterocycles. The van der Waals surface area contributed by atoms with Crippen molar-refractivity contribution in [1.29, 1.82) is 0 Å². The van der Waals surface area contributed by atoms with Crippen molar-refractivity contribution in [2.24, 2.45) is 5.41 Å². The fourth-order valence-electron chi connectivity index (χ4n) is 3.39. The monoisotopic (exact) mass is 372 g/mol. The van der Waals surface area contributed by atoms with E-state index in [-0.39, 0.29) is 17.3 Å². The highest BCUT2D eigenvalue weighted by Gasteiger charge is 2.48. The SMILES string of the molecule is CC(C)(C)OC(=O)N1CC2(CCN(c3cncc(C(F)(F)F)n3)CC2)C1. The number of likely N-dealkylation sites (tertiary alicyclic amines) is 1. The van der Waals surface area contributed by atoms with Crippen LogP contribution < -0.4 is 4.90 Å². The number of piperidine rings is 1. The Morgan fingerprint density at radius 3 is 2.31 bits per heavy atom. The minimum absolute atomic E-state index is 0.0302. The van der Waals surface area contributed by atoms with Gasteiger partial charge in [0.05, 0.1) is 12.4 Å². The Hall–Kier alpha value is -2.06. The molecule has 0 unspecified atom stereocenters. The number of carbonyl (C=O) groups is 1. The molecule has 2 fully saturated rings. The maximum absolute atomic E-state index is 12.8. The number of hydrogen-bond donors (Lipinski definition) is 0. The fourth-order valence-corrected chi connectivity index (χ4v) is 3.39. The molecule has 0 aliphatic carbocycles. The Balaban J connectivity index is 1.55. The second-order valence-corrected chi connectivity index (χ2v) is 8.08. The molecule has 2 aliphatic rings. The van der Waals surface area contributed by atoms with Gasteiger partial charge in [-0.2, -0.15) is 13.2 Å². The molecule has 0 atom stereocenters. The summed E-state index contributed by atoms with van der Waals surface area (Å²) in [6, 6.07) is 0. The molecule has 2 aliphatic heterocycles. The summed E-state index contributed by atoms with van der Waals surface area (Å²) in [6.07, 6.45) is -1.12. The number of halogens is 3. The van der Waals surface area contributed by atoms with Gasteiger partial charge >= 0.3 is 12.3 Å². The van der Waals surface area contributed by atoms with E-state index in [0.29, 0.717) is 26.2 Å². The highest BCUT2D eigenvalue weighted by molar-refractivity contribution is 5.69. The Bertz CT molecular complexity index is 671. The number of nitrogens with zero attached hydrogens (tertiary/aromatic N) is 4. The Labute approximate surface area is 150 Å². The van der Waals surface area contributed by atoms with Crippen LogP contribution in [0.2, 0.25) is 0 Å². The number of hydrogen-bond acceptors (Lipinski definition) is 5. The molecule has 26 heavy (non-hydrogen) atoms. The van der Waals surface area contributed by atoms with Crippen LogP contribution in [0.4, 0.5) is 23.8 Å². The maximum atomic E-state index is 12.8.